The minimum absolute atomic E-state index is 0.00836. The van der Waals surface area contributed by atoms with E-state index >= 15 is 0 Å². The van der Waals surface area contributed by atoms with Crippen LogP contribution in [0.25, 0.3) is 0 Å². The van der Waals surface area contributed by atoms with Gasteiger partial charge in [-0.15, -0.1) is 0 Å². The second-order valence-corrected chi connectivity index (χ2v) is 10.4. The molecule has 1 N–H and O–H groups in total. The Labute approximate surface area is 141 Å². The molecular weight excluding hydrogens is 302 g/mol. The minimum Gasteiger partial charge on any atom is -0.392 e. The number of fused-ring (bicyclic) bond motifs is 1. The first kappa shape index (κ1) is 13.2. The molecule has 1 unspecified atom stereocenters. The Morgan fingerprint density at radius 1 is 1.25 bits per heavy atom. The van der Waals surface area contributed by atoms with Crippen molar-refractivity contribution in [2.24, 2.45) is 39.9 Å². The zero-order chi connectivity index (χ0) is 16.4. The van der Waals surface area contributed by atoms with Gasteiger partial charge in [-0.3, -0.25) is 14.5 Å². The van der Waals surface area contributed by atoms with Gasteiger partial charge in [0.2, 0.25) is 0 Å². The topological polar surface area (TPSA) is 57.6 Å². The summed E-state index contributed by atoms with van der Waals surface area (Å²) in [6.45, 7) is 7.46. The van der Waals surface area contributed by atoms with Crippen LogP contribution >= 0.6 is 0 Å². The lowest BCUT2D eigenvalue weighted by atomic mass is 9.40. The molecule has 9 fully saturated rings. The predicted molar refractivity (Wildman–Crippen MR) is 84.8 cm³/mol. The fourth-order valence-electron chi connectivity index (χ4n) is 10.1. The molecule has 3 aliphatic heterocycles. The van der Waals surface area contributed by atoms with Crippen molar-refractivity contribution in [2.75, 3.05) is 6.54 Å². The van der Waals surface area contributed by atoms with E-state index in [0.29, 0.717) is 30.6 Å². The third-order valence-electron chi connectivity index (χ3n) is 9.70. The van der Waals surface area contributed by atoms with Gasteiger partial charge in [-0.1, -0.05) is 19.1 Å². The molecule has 126 valence electrons. The zero-order valence-corrected chi connectivity index (χ0v) is 14.0. The van der Waals surface area contributed by atoms with Gasteiger partial charge in [0.05, 0.1) is 12.0 Å². The molecule has 24 heavy (non-hydrogen) atoms. The van der Waals surface area contributed by atoms with Crippen molar-refractivity contribution in [3.8, 4) is 0 Å². The van der Waals surface area contributed by atoms with Gasteiger partial charge >= 0.3 is 0 Å². The summed E-state index contributed by atoms with van der Waals surface area (Å²) in [5, 5.41) is 11.1. The number of aliphatic hydroxyl groups is 1. The Morgan fingerprint density at radius 2 is 2.04 bits per heavy atom. The van der Waals surface area contributed by atoms with Crippen LogP contribution in [-0.2, 0) is 9.59 Å². The van der Waals surface area contributed by atoms with Crippen LogP contribution in [0.15, 0.2) is 12.2 Å². The highest BCUT2D eigenvalue weighted by Crippen LogP contribution is 2.86. The number of nitrogens with zero attached hydrogens (tertiary/aromatic N) is 1. The largest absolute Gasteiger partial charge is 0.392 e. The van der Waals surface area contributed by atoms with Crippen LogP contribution in [0, 0.1) is 39.9 Å². The van der Waals surface area contributed by atoms with Gasteiger partial charge in [-0.25, -0.2) is 0 Å². The minimum atomic E-state index is -0.567. The van der Waals surface area contributed by atoms with Crippen LogP contribution < -0.4 is 0 Å². The maximum atomic E-state index is 13.5. The number of Topliss-reactive ketones (excluding diaryl/α,β-unsaturated/α-hetero) is 2. The van der Waals surface area contributed by atoms with E-state index in [1.54, 1.807) is 0 Å². The molecule has 3 saturated heterocycles. The molecule has 0 radical (unpaired) electrons. The molecule has 9 bridgehead atoms. The van der Waals surface area contributed by atoms with E-state index in [9.17, 15) is 14.7 Å². The van der Waals surface area contributed by atoms with E-state index in [0.717, 1.165) is 25.0 Å². The summed E-state index contributed by atoms with van der Waals surface area (Å²) in [4.78, 5) is 28.9. The smallest absolute Gasteiger partial charge is 0.146 e. The summed E-state index contributed by atoms with van der Waals surface area (Å²) >= 11 is 0. The molecule has 6 aliphatic carbocycles. The fraction of sp³-hybridized carbons (Fsp3) is 0.800. The number of carbonyl (C=O) groups excluding carboxylic acids is 2. The lowest BCUT2D eigenvalue weighted by molar-refractivity contribution is -0.174. The van der Waals surface area contributed by atoms with Crippen LogP contribution in [0.3, 0.4) is 0 Å². The summed E-state index contributed by atoms with van der Waals surface area (Å²) < 4.78 is 0. The lowest BCUT2D eigenvalue weighted by Gasteiger charge is -2.62. The maximum Gasteiger partial charge on any atom is 0.146 e. The van der Waals surface area contributed by atoms with Crippen molar-refractivity contribution in [3.05, 3.63) is 12.2 Å². The molecule has 9 aliphatic rings. The first-order valence-electron chi connectivity index (χ1n) is 9.52. The van der Waals surface area contributed by atoms with Gasteiger partial charge in [-0.05, 0) is 29.6 Å². The second kappa shape index (κ2) is 3.21. The predicted octanol–water partition coefficient (Wildman–Crippen LogP) is 1.18. The van der Waals surface area contributed by atoms with E-state index in [4.69, 9.17) is 0 Å². The fourth-order valence-corrected chi connectivity index (χ4v) is 10.1. The summed E-state index contributed by atoms with van der Waals surface area (Å²) in [6.07, 6.45) is 2.67. The van der Waals surface area contributed by atoms with E-state index in [1.165, 1.54) is 0 Å². The van der Waals surface area contributed by atoms with Gasteiger partial charge in [0.25, 0.3) is 0 Å². The second-order valence-electron chi connectivity index (χ2n) is 10.4. The van der Waals surface area contributed by atoms with Gasteiger partial charge in [-0.2, -0.15) is 0 Å². The van der Waals surface area contributed by atoms with E-state index in [2.05, 4.69) is 18.4 Å². The summed E-state index contributed by atoms with van der Waals surface area (Å²) in [7, 11) is 0. The SMILES string of the molecule is C=C1C[C@]23C[C@@H]4[C@@H]5[C@@]6(C)CC(=O)C[C@]57[C@@H]([C@@H]2[C@H](O)[C@H]1C(=O)[C@@H]37)N4C6. The quantitative estimate of drug-likeness (QED) is 0.680. The monoisotopic (exact) mass is 325 g/mol. The number of hydrogen-bond donors (Lipinski definition) is 1. The number of piperidine rings is 2. The third-order valence-corrected chi connectivity index (χ3v) is 9.70. The first-order valence-corrected chi connectivity index (χ1v) is 9.52. The van der Waals surface area contributed by atoms with Crippen LogP contribution in [0.1, 0.15) is 32.6 Å². The Bertz CT molecular complexity index is 790. The Hall–Kier alpha value is -1.00. The van der Waals surface area contributed by atoms with Crippen molar-refractivity contribution < 1.29 is 14.7 Å². The molecule has 11 atom stereocenters. The molecule has 0 aromatic carbocycles. The Kier molecular flexibility index (Phi) is 1.77. The van der Waals surface area contributed by atoms with Crippen LogP contribution in [0.5, 0.6) is 0 Å². The van der Waals surface area contributed by atoms with Crippen LogP contribution in [0.2, 0.25) is 0 Å². The number of rotatable bonds is 0. The van der Waals surface area contributed by atoms with Crippen molar-refractivity contribution >= 4 is 11.6 Å². The number of aliphatic hydroxyl groups excluding tert-OH is 1. The summed E-state index contributed by atoms with van der Waals surface area (Å²) in [5.74, 6) is 0.920. The maximum absolute atomic E-state index is 13.5. The molecular formula is C20H23NO3. The van der Waals surface area contributed by atoms with Crippen molar-refractivity contribution in [2.45, 2.75) is 50.8 Å². The summed E-state index contributed by atoms with van der Waals surface area (Å²) in [5.41, 5.74) is 0.763. The molecule has 2 spiro atoms. The van der Waals surface area contributed by atoms with E-state index < -0.39 is 6.10 Å². The standard InChI is InChI=1S/C20H23NO3/c1-8-3-19-6-10-15-18(2)4-9(22)5-20(15)16(19)14(24)11(8)13(23)12(19)17(20)21(10)7-18/h10-13,15-17,23H,1,3-7H2,2H3/t10-,11+,12+,13-,15-,16+,17-,18+,19+,20+/m1/s1. The van der Waals surface area contributed by atoms with Gasteiger partial charge in [0, 0.05) is 48.7 Å². The van der Waals surface area contributed by atoms with Gasteiger partial charge in [0.1, 0.15) is 11.6 Å². The molecule has 0 amide bonds. The first-order chi connectivity index (χ1) is 11.4. The highest BCUT2D eigenvalue weighted by molar-refractivity contribution is 5.94. The number of ketones is 2. The van der Waals surface area contributed by atoms with Crippen LogP contribution in [0.4, 0.5) is 0 Å². The third kappa shape index (κ3) is 0.911. The van der Waals surface area contributed by atoms with Crippen molar-refractivity contribution in [1.82, 2.24) is 4.90 Å². The Morgan fingerprint density at radius 3 is 2.83 bits per heavy atom. The van der Waals surface area contributed by atoms with Gasteiger partial charge in [0.15, 0.2) is 0 Å². The Balaban J connectivity index is 1.57. The van der Waals surface area contributed by atoms with E-state index in [1.807, 2.05) is 0 Å². The molecule has 4 nitrogen and oxygen atoms in total. The lowest BCUT2D eigenvalue weighted by Crippen LogP contribution is -2.66. The average molecular weight is 325 g/mol. The highest BCUT2D eigenvalue weighted by Gasteiger charge is 2.90. The normalized spacial score (nSPS) is 70.0. The highest BCUT2D eigenvalue weighted by atomic mass is 16.3. The molecule has 0 aromatic heterocycles. The zero-order valence-electron chi connectivity index (χ0n) is 14.0. The molecule has 6 saturated carbocycles. The molecule has 0 aromatic rings. The molecule has 4 heteroatoms. The summed E-state index contributed by atoms with van der Waals surface area (Å²) in [6, 6.07) is 0.795. The van der Waals surface area contributed by atoms with E-state index in [-0.39, 0.29) is 45.8 Å². The van der Waals surface area contributed by atoms with Crippen LogP contribution in [-0.4, -0.2) is 46.3 Å². The number of hydrogen-bond acceptors (Lipinski definition) is 4. The van der Waals surface area contributed by atoms with Crippen molar-refractivity contribution in [3.63, 3.8) is 0 Å². The number of carbonyl (C=O) groups is 2. The molecule has 9 rings (SSSR count). The average Bonchev–Trinajstić information content (AvgIpc) is 2.88. The van der Waals surface area contributed by atoms with Crippen molar-refractivity contribution in [1.29, 1.82) is 0 Å². The van der Waals surface area contributed by atoms with Gasteiger partial charge < -0.3 is 5.11 Å². The molecule has 3 heterocycles.